The predicted octanol–water partition coefficient (Wildman–Crippen LogP) is 2.76. The average Bonchev–Trinajstić information content (AvgIpc) is 3.10. The molecular weight excluding hydrogens is 304 g/mol. The summed E-state index contributed by atoms with van der Waals surface area (Å²) in [5.74, 6) is 1.18. The number of likely N-dealkylation sites (tertiary alicyclic amines) is 1. The number of rotatable bonds is 4. The summed E-state index contributed by atoms with van der Waals surface area (Å²) in [5, 5.41) is 3.19. The molecule has 3 rings (SSSR count). The molecule has 0 aromatic carbocycles. The van der Waals surface area contributed by atoms with Gasteiger partial charge < -0.3 is 15.0 Å². The Hall–Kier alpha value is -1.69. The molecule has 1 aromatic rings. The van der Waals surface area contributed by atoms with Gasteiger partial charge in [0.1, 0.15) is 5.82 Å². The average molecular weight is 332 g/mol. The van der Waals surface area contributed by atoms with Gasteiger partial charge in [-0.15, -0.1) is 0 Å². The molecule has 2 heterocycles. The van der Waals surface area contributed by atoms with Gasteiger partial charge in [0.25, 0.3) is 0 Å². The number of piperidine rings is 1. The summed E-state index contributed by atoms with van der Waals surface area (Å²) in [4.78, 5) is 23.3. The van der Waals surface area contributed by atoms with Crippen LogP contribution in [0.4, 0.5) is 4.79 Å². The van der Waals surface area contributed by atoms with Gasteiger partial charge in [0.05, 0.1) is 12.3 Å². The lowest BCUT2D eigenvalue weighted by atomic mass is 9.91. The summed E-state index contributed by atoms with van der Waals surface area (Å²) in [6, 6.07) is 0.490. The molecule has 0 radical (unpaired) electrons. The second-order valence-corrected chi connectivity index (χ2v) is 6.95. The number of carbonyl (C=O) groups excluding carboxylic acids is 1. The summed E-state index contributed by atoms with van der Waals surface area (Å²) < 4.78 is 5.28. The van der Waals surface area contributed by atoms with Gasteiger partial charge >= 0.3 is 6.03 Å². The van der Waals surface area contributed by atoms with Crippen molar-refractivity contribution in [2.24, 2.45) is 0 Å². The summed E-state index contributed by atoms with van der Waals surface area (Å²) in [5.41, 5.74) is 2.16. The molecule has 6 heteroatoms. The van der Waals surface area contributed by atoms with Gasteiger partial charge in [-0.25, -0.2) is 14.8 Å². The number of hydrogen-bond donors (Lipinski definition) is 1. The normalized spacial score (nSPS) is 19.7. The SMILES string of the molecule is COCc1cnc(C)nc1C1CCN(C(=O)NC2CCCC2)CC1. The molecule has 1 saturated carbocycles. The molecule has 2 fully saturated rings. The molecule has 1 aliphatic heterocycles. The molecule has 1 aromatic heterocycles. The Balaban J connectivity index is 1.58. The maximum absolute atomic E-state index is 12.4. The second-order valence-electron chi connectivity index (χ2n) is 6.95. The van der Waals surface area contributed by atoms with Crippen molar-refractivity contribution < 1.29 is 9.53 Å². The van der Waals surface area contributed by atoms with Crippen molar-refractivity contribution >= 4 is 6.03 Å². The Bertz CT molecular complexity index is 564. The third kappa shape index (κ3) is 4.04. The maximum atomic E-state index is 12.4. The number of aromatic nitrogens is 2. The lowest BCUT2D eigenvalue weighted by Crippen LogP contribution is -2.47. The summed E-state index contributed by atoms with van der Waals surface area (Å²) >= 11 is 0. The first kappa shape index (κ1) is 17.1. The molecule has 24 heavy (non-hydrogen) atoms. The Labute approximate surface area is 144 Å². The smallest absolute Gasteiger partial charge is 0.317 e. The first-order valence-corrected chi connectivity index (χ1v) is 9.04. The Kier molecular flexibility index (Phi) is 5.66. The lowest BCUT2D eigenvalue weighted by molar-refractivity contribution is 0.172. The molecular formula is C18H28N4O2. The molecule has 6 nitrogen and oxygen atoms in total. The zero-order chi connectivity index (χ0) is 16.9. The van der Waals surface area contributed by atoms with E-state index < -0.39 is 0 Å². The number of carbonyl (C=O) groups is 1. The molecule has 1 aliphatic carbocycles. The van der Waals surface area contributed by atoms with Gasteiger partial charge in [-0.3, -0.25) is 0 Å². The van der Waals surface area contributed by atoms with E-state index in [1.807, 2.05) is 18.0 Å². The number of hydrogen-bond acceptors (Lipinski definition) is 4. The number of amides is 2. The molecule has 2 amide bonds. The number of nitrogens with one attached hydrogen (secondary N) is 1. The highest BCUT2D eigenvalue weighted by molar-refractivity contribution is 5.74. The second kappa shape index (κ2) is 7.92. The van der Waals surface area contributed by atoms with E-state index in [9.17, 15) is 4.79 Å². The minimum atomic E-state index is 0.108. The molecule has 132 valence electrons. The van der Waals surface area contributed by atoms with E-state index in [0.29, 0.717) is 18.6 Å². The minimum Gasteiger partial charge on any atom is -0.380 e. The van der Waals surface area contributed by atoms with Crippen molar-refractivity contribution in [3.63, 3.8) is 0 Å². The van der Waals surface area contributed by atoms with E-state index in [-0.39, 0.29) is 6.03 Å². The van der Waals surface area contributed by atoms with Crippen molar-refractivity contribution in [3.8, 4) is 0 Å². The van der Waals surface area contributed by atoms with Crippen LogP contribution in [0.5, 0.6) is 0 Å². The fourth-order valence-electron chi connectivity index (χ4n) is 3.82. The van der Waals surface area contributed by atoms with Gasteiger partial charge in [-0.05, 0) is 32.6 Å². The quantitative estimate of drug-likeness (QED) is 0.920. The standard InChI is InChI=1S/C18H28N4O2/c1-13-19-11-15(12-24-2)17(20-13)14-7-9-22(10-8-14)18(23)21-16-5-3-4-6-16/h11,14,16H,3-10,12H2,1-2H3,(H,21,23). The molecule has 1 saturated heterocycles. The van der Waals surface area contributed by atoms with Crippen LogP contribution in [0.2, 0.25) is 0 Å². The highest BCUT2D eigenvalue weighted by Gasteiger charge is 2.28. The lowest BCUT2D eigenvalue weighted by Gasteiger charge is -2.33. The summed E-state index contributed by atoms with van der Waals surface area (Å²) in [6.45, 7) is 4.04. The molecule has 1 N–H and O–H groups in total. The fraction of sp³-hybridized carbons (Fsp3) is 0.722. The van der Waals surface area contributed by atoms with E-state index in [1.54, 1.807) is 7.11 Å². The van der Waals surface area contributed by atoms with Crippen molar-refractivity contribution in [1.82, 2.24) is 20.2 Å². The van der Waals surface area contributed by atoms with Crippen LogP contribution in [-0.2, 0) is 11.3 Å². The predicted molar refractivity (Wildman–Crippen MR) is 91.8 cm³/mol. The zero-order valence-electron chi connectivity index (χ0n) is 14.8. The number of methoxy groups -OCH3 is 1. The minimum absolute atomic E-state index is 0.108. The third-order valence-corrected chi connectivity index (χ3v) is 5.17. The van der Waals surface area contributed by atoms with E-state index in [2.05, 4.69) is 15.3 Å². The van der Waals surface area contributed by atoms with Crippen LogP contribution in [0.15, 0.2) is 6.20 Å². The van der Waals surface area contributed by atoms with Crippen molar-refractivity contribution in [2.45, 2.75) is 64.0 Å². The summed E-state index contributed by atoms with van der Waals surface area (Å²) in [6.07, 6.45) is 8.51. The van der Waals surface area contributed by atoms with Gasteiger partial charge in [0, 0.05) is 43.9 Å². The third-order valence-electron chi connectivity index (χ3n) is 5.17. The van der Waals surface area contributed by atoms with Crippen LogP contribution in [0.3, 0.4) is 0 Å². The van der Waals surface area contributed by atoms with Crippen LogP contribution in [0.1, 0.15) is 61.5 Å². The Morgan fingerprint density at radius 3 is 2.67 bits per heavy atom. The maximum Gasteiger partial charge on any atom is 0.317 e. The van der Waals surface area contributed by atoms with Crippen molar-refractivity contribution in [1.29, 1.82) is 0 Å². The first-order valence-electron chi connectivity index (χ1n) is 9.04. The Morgan fingerprint density at radius 2 is 2.00 bits per heavy atom. The molecule has 0 unspecified atom stereocenters. The van der Waals surface area contributed by atoms with Crippen molar-refractivity contribution in [3.05, 3.63) is 23.3 Å². The number of urea groups is 1. The van der Waals surface area contributed by atoms with Crippen LogP contribution in [-0.4, -0.2) is 47.1 Å². The van der Waals surface area contributed by atoms with E-state index in [0.717, 1.165) is 55.9 Å². The largest absolute Gasteiger partial charge is 0.380 e. The molecule has 0 atom stereocenters. The monoisotopic (exact) mass is 332 g/mol. The van der Waals surface area contributed by atoms with E-state index in [1.165, 1.54) is 12.8 Å². The van der Waals surface area contributed by atoms with Crippen LogP contribution < -0.4 is 5.32 Å². The first-order chi connectivity index (χ1) is 11.7. The molecule has 2 aliphatic rings. The molecule has 0 bridgehead atoms. The number of nitrogens with zero attached hydrogens (tertiary/aromatic N) is 3. The van der Waals surface area contributed by atoms with Crippen LogP contribution in [0.25, 0.3) is 0 Å². The van der Waals surface area contributed by atoms with E-state index in [4.69, 9.17) is 4.74 Å². The van der Waals surface area contributed by atoms with Crippen molar-refractivity contribution in [2.75, 3.05) is 20.2 Å². The topological polar surface area (TPSA) is 67.4 Å². The number of ether oxygens (including phenoxy) is 1. The molecule has 0 spiro atoms. The van der Waals surface area contributed by atoms with Gasteiger partial charge in [-0.1, -0.05) is 12.8 Å². The Morgan fingerprint density at radius 1 is 1.29 bits per heavy atom. The van der Waals surface area contributed by atoms with Crippen LogP contribution in [0, 0.1) is 6.92 Å². The highest BCUT2D eigenvalue weighted by atomic mass is 16.5. The zero-order valence-corrected chi connectivity index (χ0v) is 14.8. The van der Waals surface area contributed by atoms with Crippen LogP contribution >= 0.6 is 0 Å². The van der Waals surface area contributed by atoms with E-state index >= 15 is 0 Å². The summed E-state index contributed by atoms with van der Waals surface area (Å²) in [7, 11) is 1.69. The van der Waals surface area contributed by atoms with Gasteiger partial charge in [0.15, 0.2) is 0 Å². The van der Waals surface area contributed by atoms with Gasteiger partial charge in [-0.2, -0.15) is 0 Å². The number of aryl methyl sites for hydroxylation is 1. The fourth-order valence-corrected chi connectivity index (χ4v) is 3.82. The highest BCUT2D eigenvalue weighted by Crippen LogP contribution is 2.29. The van der Waals surface area contributed by atoms with Gasteiger partial charge in [0.2, 0.25) is 0 Å².